The molecule has 0 amide bonds. The quantitative estimate of drug-likeness (QED) is 0.477. The van der Waals surface area contributed by atoms with E-state index in [1.165, 1.54) is 4.90 Å². The van der Waals surface area contributed by atoms with Gasteiger partial charge in [0.15, 0.2) is 5.65 Å². The number of ether oxygens (including phenoxy) is 1. The number of methoxy groups -OCH3 is 1. The van der Waals surface area contributed by atoms with Crippen molar-refractivity contribution in [1.82, 2.24) is 14.6 Å². The number of rotatable bonds is 6. The van der Waals surface area contributed by atoms with Crippen LogP contribution in [0.1, 0.15) is 5.69 Å². The number of anilines is 1. The Morgan fingerprint density at radius 1 is 1.00 bits per heavy atom. The Labute approximate surface area is 193 Å². The van der Waals surface area contributed by atoms with Crippen molar-refractivity contribution in [2.75, 3.05) is 51.3 Å². The summed E-state index contributed by atoms with van der Waals surface area (Å²) in [6.45, 7) is 6.90. The molecule has 1 saturated heterocycles. The highest BCUT2D eigenvalue weighted by molar-refractivity contribution is 5.83. The maximum atomic E-state index is 9.32. The minimum Gasteiger partial charge on any atom is -0.497 e. The van der Waals surface area contributed by atoms with Gasteiger partial charge in [-0.1, -0.05) is 30.3 Å². The van der Waals surface area contributed by atoms with Gasteiger partial charge < -0.3 is 19.6 Å². The molecule has 0 aliphatic carbocycles. The first-order chi connectivity index (χ1) is 16.2. The maximum absolute atomic E-state index is 9.32. The molecule has 7 heteroatoms. The maximum Gasteiger partial charge on any atom is 0.166 e. The third kappa shape index (κ3) is 4.17. The Hall–Kier alpha value is -3.42. The summed E-state index contributed by atoms with van der Waals surface area (Å²) in [5.41, 5.74) is 5.98. The number of hydrogen-bond donors (Lipinski definition) is 2. The lowest BCUT2D eigenvalue weighted by Gasteiger charge is -2.33. The van der Waals surface area contributed by atoms with Crippen molar-refractivity contribution < 1.29 is 14.7 Å². The molecular weight excluding hydrogens is 414 g/mol. The van der Waals surface area contributed by atoms with Crippen molar-refractivity contribution in [3.63, 3.8) is 0 Å². The topological polar surface area (TPSA) is 67.3 Å². The molecule has 0 radical (unpaired) electrons. The third-order valence-electron chi connectivity index (χ3n) is 6.45. The molecule has 0 spiro atoms. The number of piperazine rings is 1. The van der Waals surface area contributed by atoms with Crippen LogP contribution in [0, 0.1) is 6.92 Å². The number of aryl methyl sites for hydroxylation is 1. The van der Waals surface area contributed by atoms with Crippen LogP contribution in [0.15, 0.2) is 60.7 Å². The molecule has 2 aromatic heterocycles. The molecule has 3 heterocycles. The summed E-state index contributed by atoms with van der Waals surface area (Å²) < 4.78 is 7.34. The van der Waals surface area contributed by atoms with E-state index in [1.807, 2.05) is 22.7 Å². The molecular formula is C26H30N5O2+. The van der Waals surface area contributed by atoms with Gasteiger partial charge in [-0.05, 0) is 36.8 Å². The van der Waals surface area contributed by atoms with Gasteiger partial charge in [0.25, 0.3) is 0 Å². The van der Waals surface area contributed by atoms with Gasteiger partial charge in [-0.15, -0.1) is 0 Å². The highest BCUT2D eigenvalue weighted by Crippen LogP contribution is 2.33. The fourth-order valence-corrected chi connectivity index (χ4v) is 4.65. The van der Waals surface area contributed by atoms with Gasteiger partial charge >= 0.3 is 0 Å². The van der Waals surface area contributed by atoms with E-state index in [-0.39, 0.29) is 6.61 Å². The molecule has 1 fully saturated rings. The van der Waals surface area contributed by atoms with Gasteiger partial charge in [0.05, 0.1) is 51.3 Å². The molecule has 170 valence electrons. The smallest absolute Gasteiger partial charge is 0.166 e. The molecule has 5 rings (SSSR count). The largest absolute Gasteiger partial charge is 0.497 e. The predicted octanol–water partition coefficient (Wildman–Crippen LogP) is 2.08. The van der Waals surface area contributed by atoms with Gasteiger partial charge in [-0.2, -0.15) is 9.61 Å². The van der Waals surface area contributed by atoms with Crippen LogP contribution in [0.5, 0.6) is 5.75 Å². The van der Waals surface area contributed by atoms with Crippen molar-refractivity contribution in [3.8, 4) is 28.1 Å². The molecule has 33 heavy (non-hydrogen) atoms. The second-order valence-electron chi connectivity index (χ2n) is 8.50. The summed E-state index contributed by atoms with van der Waals surface area (Å²) in [5.74, 6) is 1.88. The lowest BCUT2D eigenvalue weighted by atomic mass is 10.1. The molecule has 1 aliphatic heterocycles. The van der Waals surface area contributed by atoms with Gasteiger partial charge in [0, 0.05) is 17.2 Å². The normalized spacial score (nSPS) is 14.7. The number of hydrogen-bond acceptors (Lipinski definition) is 5. The summed E-state index contributed by atoms with van der Waals surface area (Å²) in [7, 11) is 1.68. The molecule has 0 saturated carbocycles. The van der Waals surface area contributed by atoms with E-state index in [2.05, 4.69) is 54.3 Å². The Morgan fingerprint density at radius 3 is 2.39 bits per heavy atom. The zero-order chi connectivity index (χ0) is 22.8. The van der Waals surface area contributed by atoms with Crippen molar-refractivity contribution >= 4 is 11.5 Å². The summed E-state index contributed by atoms with van der Waals surface area (Å²) >= 11 is 0. The summed E-state index contributed by atoms with van der Waals surface area (Å²) in [6.07, 6.45) is 0. The van der Waals surface area contributed by atoms with E-state index in [9.17, 15) is 5.11 Å². The molecule has 2 N–H and O–H groups in total. The SMILES string of the molecule is COc1ccc(-c2cc(N3CC[NH+](CCO)CC3)n3nc(C)c(-c4ccccc4)c3n2)cc1. The van der Waals surface area contributed by atoms with Crippen LogP contribution < -0.4 is 14.5 Å². The fraction of sp³-hybridized carbons (Fsp3) is 0.308. The first-order valence-electron chi connectivity index (χ1n) is 11.5. The molecule has 1 aliphatic rings. The van der Waals surface area contributed by atoms with Crippen LogP contribution in [0.2, 0.25) is 0 Å². The second-order valence-corrected chi connectivity index (χ2v) is 8.50. The first-order valence-corrected chi connectivity index (χ1v) is 11.5. The van der Waals surface area contributed by atoms with E-state index in [1.54, 1.807) is 7.11 Å². The highest BCUT2D eigenvalue weighted by atomic mass is 16.5. The Balaban J connectivity index is 1.64. The number of quaternary nitrogens is 1. The molecule has 2 aromatic carbocycles. The molecule has 0 unspecified atom stereocenters. The first kappa shape index (κ1) is 21.4. The minimum absolute atomic E-state index is 0.231. The minimum atomic E-state index is 0.231. The van der Waals surface area contributed by atoms with E-state index in [0.29, 0.717) is 0 Å². The van der Waals surface area contributed by atoms with Crippen molar-refractivity contribution in [2.24, 2.45) is 0 Å². The van der Waals surface area contributed by atoms with Crippen molar-refractivity contribution in [3.05, 3.63) is 66.4 Å². The average molecular weight is 445 g/mol. The van der Waals surface area contributed by atoms with Crippen LogP contribution in [-0.2, 0) is 0 Å². The lowest BCUT2D eigenvalue weighted by Crippen LogP contribution is -3.15. The van der Waals surface area contributed by atoms with E-state index >= 15 is 0 Å². The average Bonchev–Trinajstić information content (AvgIpc) is 3.20. The van der Waals surface area contributed by atoms with Crippen LogP contribution in [0.25, 0.3) is 28.0 Å². The number of nitrogens with zero attached hydrogens (tertiary/aromatic N) is 4. The number of aromatic nitrogens is 3. The highest BCUT2D eigenvalue weighted by Gasteiger charge is 2.25. The third-order valence-corrected chi connectivity index (χ3v) is 6.45. The predicted molar refractivity (Wildman–Crippen MR) is 130 cm³/mol. The van der Waals surface area contributed by atoms with Crippen molar-refractivity contribution in [2.45, 2.75) is 6.92 Å². The number of aliphatic hydroxyl groups is 1. The Bertz CT molecular complexity index is 1230. The number of aliphatic hydroxyl groups excluding tert-OH is 1. The molecule has 0 atom stereocenters. The summed E-state index contributed by atoms with van der Waals surface area (Å²) in [5, 5.41) is 14.2. The number of fused-ring (bicyclic) bond motifs is 1. The Kier molecular flexibility index (Phi) is 5.98. The standard InChI is InChI=1S/C26H29N5O2/c1-19-25(21-6-4-3-5-7-21)26-27-23(20-8-10-22(33-2)11-9-20)18-24(31(26)28-19)30-14-12-29(13-15-30)16-17-32/h3-11,18,32H,12-17H2,1-2H3/p+1. The molecule has 4 aromatic rings. The van der Waals surface area contributed by atoms with Crippen LogP contribution in [0.4, 0.5) is 5.82 Å². The lowest BCUT2D eigenvalue weighted by molar-refractivity contribution is -0.900. The van der Waals surface area contributed by atoms with Gasteiger partial charge in [0.1, 0.15) is 18.1 Å². The monoisotopic (exact) mass is 444 g/mol. The van der Waals surface area contributed by atoms with Crippen molar-refractivity contribution in [1.29, 1.82) is 0 Å². The van der Waals surface area contributed by atoms with Gasteiger partial charge in [-0.3, -0.25) is 0 Å². The molecule has 0 bridgehead atoms. The summed E-state index contributed by atoms with van der Waals surface area (Å²) in [4.78, 5) is 8.93. The van der Waals surface area contributed by atoms with E-state index < -0.39 is 0 Å². The summed E-state index contributed by atoms with van der Waals surface area (Å²) in [6, 6.07) is 20.5. The number of nitrogens with one attached hydrogen (secondary N) is 1. The van der Waals surface area contributed by atoms with Crippen LogP contribution in [-0.4, -0.2) is 66.1 Å². The van der Waals surface area contributed by atoms with Crippen LogP contribution >= 0.6 is 0 Å². The van der Waals surface area contributed by atoms with Gasteiger partial charge in [0.2, 0.25) is 0 Å². The van der Waals surface area contributed by atoms with E-state index in [4.69, 9.17) is 14.8 Å². The fourth-order valence-electron chi connectivity index (χ4n) is 4.65. The second kappa shape index (κ2) is 9.21. The van der Waals surface area contributed by atoms with E-state index in [0.717, 1.165) is 78.0 Å². The van der Waals surface area contributed by atoms with Crippen LogP contribution in [0.3, 0.4) is 0 Å². The number of benzene rings is 2. The Morgan fingerprint density at radius 2 is 1.73 bits per heavy atom. The zero-order valence-corrected chi connectivity index (χ0v) is 19.2. The zero-order valence-electron chi connectivity index (χ0n) is 19.2. The van der Waals surface area contributed by atoms with Gasteiger partial charge in [-0.25, -0.2) is 4.98 Å². The molecule has 7 nitrogen and oxygen atoms in total.